The predicted octanol–water partition coefficient (Wildman–Crippen LogP) is 6.44. The first-order valence-corrected chi connectivity index (χ1v) is 24.2. The lowest BCUT2D eigenvalue weighted by molar-refractivity contribution is -0.438. The molecule has 0 aromatic heterocycles. The summed E-state index contributed by atoms with van der Waals surface area (Å²) in [6.45, 7) is 8.62. The largest absolute Gasteiger partial charge is 0.344 e. The van der Waals surface area contributed by atoms with Crippen molar-refractivity contribution in [3.63, 3.8) is 0 Å². The number of anilines is 1. The molecule has 0 aliphatic carbocycles. The van der Waals surface area contributed by atoms with Crippen LogP contribution in [0.2, 0.25) is 0 Å². The van der Waals surface area contributed by atoms with Crippen molar-refractivity contribution in [2.45, 2.75) is 74.0 Å². The number of nitrogens with zero attached hydrogens (tertiary/aromatic N) is 2. The number of fused-ring (bicyclic) bond motifs is 6. The summed E-state index contributed by atoms with van der Waals surface area (Å²) in [7, 11) is -17.5. The number of allylic oxidation sites excluding steroid dienone is 4. The van der Waals surface area contributed by atoms with Crippen molar-refractivity contribution < 1.29 is 56.5 Å². The highest BCUT2D eigenvalue weighted by atomic mass is 32.2. The van der Waals surface area contributed by atoms with Gasteiger partial charge in [0.15, 0.2) is 5.71 Å². The van der Waals surface area contributed by atoms with Crippen LogP contribution >= 0.6 is 0 Å². The minimum atomic E-state index is -4.56. The van der Waals surface area contributed by atoms with Crippen LogP contribution < -0.4 is 4.90 Å². The molecule has 0 amide bonds. The summed E-state index contributed by atoms with van der Waals surface area (Å²) in [5.41, 5.74) is 3.19. The molecule has 0 unspecified atom stereocenters. The van der Waals surface area contributed by atoms with Gasteiger partial charge in [0, 0.05) is 58.2 Å². The highest BCUT2D eigenvalue weighted by Gasteiger charge is 2.46. The molecule has 2 aliphatic heterocycles. The number of hydrogen-bond donors (Lipinski definition) is 4. The first-order valence-electron chi connectivity index (χ1n) is 18.1. The van der Waals surface area contributed by atoms with Crippen LogP contribution in [-0.2, 0) is 51.3 Å². The summed E-state index contributed by atoms with van der Waals surface area (Å²) < 4.78 is 136. The number of unbranched alkanes of at least 4 members (excludes halogenated alkanes) is 2. The van der Waals surface area contributed by atoms with Crippen LogP contribution in [0.5, 0.6) is 0 Å². The van der Waals surface area contributed by atoms with Crippen LogP contribution in [0, 0.1) is 0 Å². The SMILES string of the molecule is CC1(C)C(/C=C/C=C2\N(CCCCS(=O)(=O)O)c3ccc4c(S(=O)(=O)O)cccc4c3C2(C)C)=[N+](CCCCS(=O)(=O)O)c2ccc3c(S(=O)(=O)O)cccc3c21. The molecule has 0 saturated carbocycles. The lowest BCUT2D eigenvalue weighted by Crippen LogP contribution is -2.28. The molecule has 306 valence electrons. The van der Waals surface area contributed by atoms with Crippen LogP contribution in [-0.4, -0.2) is 86.8 Å². The zero-order valence-corrected chi connectivity index (χ0v) is 35.0. The maximum atomic E-state index is 12.4. The fourth-order valence-corrected chi connectivity index (χ4v) is 11.0. The average Bonchev–Trinajstić information content (AvgIpc) is 3.44. The number of benzene rings is 4. The Morgan fingerprint density at radius 3 is 1.68 bits per heavy atom. The van der Waals surface area contributed by atoms with Crippen LogP contribution in [0.25, 0.3) is 21.5 Å². The van der Waals surface area contributed by atoms with E-state index in [1.54, 1.807) is 48.5 Å². The van der Waals surface area contributed by atoms with Gasteiger partial charge in [-0.15, -0.1) is 0 Å². The van der Waals surface area contributed by atoms with Crippen LogP contribution in [0.15, 0.2) is 94.4 Å². The third-order valence-corrected chi connectivity index (χ3v) is 14.3. The van der Waals surface area contributed by atoms with E-state index in [2.05, 4.69) is 0 Å². The topological polar surface area (TPSA) is 224 Å². The quantitative estimate of drug-likeness (QED) is 0.0610. The molecule has 57 heavy (non-hydrogen) atoms. The Bertz CT molecular complexity index is 2860. The Balaban J connectivity index is 1.48. The maximum Gasteiger partial charge on any atom is 0.295 e. The molecule has 4 N–H and O–H groups in total. The average molecular weight is 862 g/mol. The van der Waals surface area contributed by atoms with E-state index >= 15 is 0 Å². The zero-order valence-electron chi connectivity index (χ0n) is 31.7. The summed E-state index contributed by atoms with van der Waals surface area (Å²) in [4.78, 5) is 1.56. The lowest BCUT2D eigenvalue weighted by atomic mass is 9.79. The number of rotatable bonds is 14. The Hall–Kier alpha value is -4.01. The van der Waals surface area contributed by atoms with E-state index in [0.717, 1.165) is 33.9 Å². The monoisotopic (exact) mass is 861 g/mol. The summed E-state index contributed by atoms with van der Waals surface area (Å²) in [6, 6.07) is 16.1. The molecule has 0 spiro atoms. The first kappa shape index (κ1) is 42.6. The standard InChI is InChI=1S/C39H44N2O12S4/c1-38(2)34(40(22-5-7-24-54(42,43)44)30-20-18-26-28(36(30)38)12-9-14-32(26)56(48,49)50)16-11-17-35-39(3,4)37-29-13-10-15-33(57(51,52)53)27(29)19-21-31(37)41(35)23-6-8-25-55(45,46)47/h9-21H,5-8,22-25H2,1-4H3,(H3-,42,43,44,45,46,47,48,49,50,51,52,53)/p+1. The molecular weight excluding hydrogens is 817 g/mol. The minimum absolute atomic E-state index is 0.179. The molecule has 0 fully saturated rings. The summed E-state index contributed by atoms with van der Waals surface area (Å²) >= 11 is 0. The predicted molar refractivity (Wildman–Crippen MR) is 219 cm³/mol. The highest BCUT2D eigenvalue weighted by molar-refractivity contribution is 7.86. The van der Waals surface area contributed by atoms with Gasteiger partial charge in [-0.1, -0.05) is 50.3 Å². The number of hydrogen-bond acceptors (Lipinski definition) is 9. The second-order valence-corrected chi connectivity index (χ2v) is 21.3. The van der Waals surface area contributed by atoms with Crippen molar-refractivity contribution in [2.75, 3.05) is 29.5 Å². The Morgan fingerprint density at radius 2 is 1.14 bits per heavy atom. The summed E-state index contributed by atoms with van der Waals surface area (Å²) in [6.07, 6.45) is 6.82. The van der Waals surface area contributed by atoms with E-state index < -0.39 is 62.8 Å². The second-order valence-electron chi connectivity index (χ2n) is 15.4. The van der Waals surface area contributed by atoms with Gasteiger partial charge in [0.05, 0.1) is 16.9 Å². The Kier molecular flexibility index (Phi) is 11.2. The van der Waals surface area contributed by atoms with Crippen molar-refractivity contribution in [3.8, 4) is 0 Å². The molecule has 4 aromatic carbocycles. The Morgan fingerprint density at radius 1 is 0.614 bits per heavy atom. The first-order chi connectivity index (χ1) is 26.3. The van der Waals surface area contributed by atoms with E-state index in [1.165, 1.54) is 12.1 Å². The van der Waals surface area contributed by atoms with E-state index in [0.29, 0.717) is 47.5 Å². The fourth-order valence-electron chi connectivity index (χ4n) is 8.46. The molecule has 0 atom stereocenters. The summed E-state index contributed by atoms with van der Waals surface area (Å²) in [5, 5.41) is 1.89. The van der Waals surface area contributed by atoms with Crippen LogP contribution in [0.4, 0.5) is 11.4 Å². The minimum Gasteiger partial charge on any atom is -0.344 e. The van der Waals surface area contributed by atoms with Crippen molar-refractivity contribution in [3.05, 3.63) is 95.7 Å². The lowest BCUT2D eigenvalue weighted by Gasteiger charge is -2.27. The Labute approximate surface area is 333 Å². The second kappa shape index (κ2) is 15.0. The smallest absolute Gasteiger partial charge is 0.295 e. The molecule has 0 saturated heterocycles. The van der Waals surface area contributed by atoms with Gasteiger partial charge in [-0.2, -0.15) is 38.2 Å². The molecular formula is C39H45N2O12S4+. The van der Waals surface area contributed by atoms with Crippen molar-refractivity contribution in [2.24, 2.45) is 0 Å². The molecule has 6 rings (SSSR count). The maximum absolute atomic E-state index is 12.4. The van der Waals surface area contributed by atoms with Gasteiger partial charge in [-0.05, 0) is 79.8 Å². The van der Waals surface area contributed by atoms with E-state index in [1.807, 2.05) is 55.4 Å². The van der Waals surface area contributed by atoms with Crippen LogP contribution in [0.1, 0.15) is 64.5 Å². The molecule has 18 heteroatoms. The van der Waals surface area contributed by atoms with Gasteiger partial charge in [-0.3, -0.25) is 18.2 Å². The van der Waals surface area contributed by atoms with E-state index in [9.17, 15) is 51.9 Å². The van der Waals surface area contributed by atoms with E-state index in [-0.39, 0.29) is 22.6 Å². The highest BCUT2D eigenvalue weighted by Crippen LogP contribution is 2.52. The third kappa shape index (κ3) is 8.45. The van der Waals surface area contributed by atoms with Gasteiger partial charge in [0.1, 0.15) is 16.3 Å². The molecule has 4 aromatic rings. The molecule has 2 heterocycles. The van der Waals surface area contributed by atoms with Crippen LogP contribution in [0.3, 0.4) is 0 Å². The zero-order chi connectivity index (χ0) is 41.9. The van der Waals surface area contributed by atoms with Crippen molar-refractivity contribution in [1.29, 1.82) is 0 Å². The van der Waals surface area contributed by atoms with Gasteiger partial charge in [0.25, 0.3) is 40.5 Å². The fraction of sp³-hybridized carbons (Fsp3) is 0.359. The van der Waals surface area contributed by atoms with Crippen molar-refractivity contribution in [1.82, 2.24) is 0 Å². The van der Waals surface area contributed by atoms with Gasteiger partial charge < -0.3 is 4.90 Å². The summed E-state index contributed by atoms with van der Waals surface area (Å²) in [5.74, 6) is -0.833. The molecule has 0 radical (unpaired) electrons. The van der Waals surface area contributed by atoms with E-state index in [4.69, 9.17) is 0 Å². The normalized spacial score (nSPS) is 17.7. The molecule has 2 aliphatic rings. The molecule has 14 nitrogen and oxygen atoms in total. The van der Waals surface area contributed by atoms with Gasteiger partial charge in [0.2, 0.25) is 5.69 Å². The van der Waals surface area contributed by atoms with Crippen molar-refractivity contribution >= 4 is 79.1 Å². The third-order valence-electron chi connectivity index (χ3n) is 10.8. The van der Waals surface area contributed by atoms with Gasteiger partial charge in [-0.25, -0.2) is 0 Å². The molecule has 0 bridgehead atoms. The van der Waals surface area contributed by atoms with Gasteiger partial charge >= 0.3 is 0 Å².